The number of carbonyl (C=O) groups excluding carboxylic acids is 1. The topological polar surface area (TPSA) is 40.5 Å². The molecular weight excluding hydrogens is 334 g/mol. The zero-order chi connectivity index (χ0) is 17.5. The summed E-state index contributed by atoms with van der Waals surface area (Å²) in [6, 6.07) is 17.4. The summed E-state index contributed by atoms with van der Waals surface area (Å²) in [6.07, 6.45) is 2.96. The molecule has 1 aliphatic heterocycles. The molecule has 2 fully saturated rings. The Labute approximate surface area is 153 Å². The number of amides is 1. The van der Waals surface area contributed by atoms with Crippen LogP contribution in [-0.4, -0.2) is 29.0 Å². The first-order chi connectivity index (χ1) is 12.0. The molecule has 0 radical (unpaired) electrons. The van der Waals surface area contributed by atoms with Crippen LogP contribution in [0.4, 0.5) is 0 Å². The Bertz CT molecular complexity index is 760. The Balaban J connectivity index is 1.48. The van der Waals surface area contributed by atoms with Crippen molar-refractivity contribution in [3.63, 3.8) is 0 Å². The highest BCUT2D eigenvalue weighted by atomic mass is 35.5. The van der Waals surface area contributed by atoms with Gasteiger partial charge in [0, 0.05) is 18.1 Å². The summed E-state index contributed by atoms with van der Waals surface area (Å²) < 4.78 is 0. The minimum absolute atomic E-state index is 0.199. The summed E-state index contributed by atoms with van der Waals surface area (Å²) in [4.78, 5) is 15.1. The summed E-state index contributed by atoms with van der Waals surface area (Å²) in [5.74, 6) is 0.199. The normalized spacial score (nSPS) is 21.0. The second-order valence-corrected chi connectivity index (χ2v) is 7.72. The highest BCUT2D eigenvalue weighted by Crippen LogP contribution is 2.50. The molecule has 0 unspecified atom stereocenters. The lowest BCUT2D eigenvalue weighted by Crippen LogP contribution is -2.48. The van der Waals surface area contributed by atoms with Crippen LogP contribution in [0, 0.1) is 0 Å². The van der Waals surface area contributed by atoms with E-state index in [9.17, 15) is 9.90 Å². The molecule has 4 rings (SSSR count). The van der Waals surface area contributed by atoms with Crippen LogP contribution in [0.5, 0.6) is 0 Å². The molecule has 1 saturated heterocycles. The molecule has 0 atom stereocenters. The van der Waals surface area contributed by atoms with Crippen molar-refractivity contribution in [2.75, 3.05) is 13.1 Å². The van der Waals surface area contributed by atoms with Crippen molar-refractivity contribution in [2.24, 2.45) is 0 Å². The lowest BCUT2D eigenvalue weighted by molar-refractivity contribution is -0.138. The molecule has 1 aliphatic carbocycles. The van der Waals surface area contributed by atoms with Gasteiger partial charge in [0.2, 0.25) is 5.91 Å². The fourth-order valence-corrected chi connectivity index (χ4v) is 4.07. The van der Waals surface area contributed by atoms with Gasteiger partial charge in [-0.25, -0.2) is 0 Å². The van der Waals surface area contributed by atoms with Crippen molar-refractivity contribution in [3.05, 3.63) is 70.7 Å². The molecule has 2 aromatic rings. The van der Waals surface area contributed by atoms with Crippen LogP contribution in [0.25, 0.3) is 0 Å². The Kier molecular flexibility index (Phi) is 4.09. The van der Waals surface area contributed by atoms with E-state index >= 15 is 0 Å². The van der Waals surface area contributed by atoms with Gasteiger partial charge in [-0.05, 0) is 48.9 Å². The smallest absolute Gasteiger partial charge is 0.233 e. The van der Waals surface area contributed by atoms with Crippen molar-refractivity contribution in [2.45, 2.75) is 36.7 Å². The Hall–Kier alpha value is -1.84. The first kappa shape index (κ1) is 16.6. The molecule has 0 spiro atoms. The average molecular weight is 356 g/mol. The number of carbonyl (C=O) groups is 1. The molecule has 2 aromatic carbocycles. The molecule has 25 heavy (non-hydrogen) atoms. The average Bonchev–Trinajstić information content (AvgIpc) is 3.45. The highest BCUT2D eigenvalue weighted by Gasteiger charge is 2.53. The number of nitrogens with zero attached hydrogens (tertiary/aromatic N) is 1. The zero-order valence-electron chi connectivity index (χ0n) is 14.1. The van der Waals surface area contributed by atoms with Gasteiger partial charge < -0.3 is 10.0 Å². The van der Waals surface area contributed by atoms with Gasteiger partial charge in [0.05, 0.1) is 11.0 Å². The zero-order valence-corrected chi connectivity index (χ0v) is 14.9. The summed E-state index contributed by atoms with van der Waals surface area (Å²) in [7, 11) is 0. The van der Waals surface area contributed by atoms with Gasteiger partial charge in [-0.2, -0.15) is 0 Å². The summed E-state index contributed by atoms with van der Waals surface area (Å²) in [6.45, 7) is 1.19. The first-order valence-corrected chi connectivity index (χ1v) is 9.25. The van der Waals surface area contributed by atoms with Crippen molar-refractivity contribution < 1.29 is 9.90 Å². The van der Waals surface area contributed by atoms with Gasteiger partial charge >= 0.3 is 0 Å². The van der Waals surface area contributed by atoms with Crippen LogP contribution in [0.3, 0.4) is 0 Å². The number of aliphatic hydroxyl groups is 1. The molecule has 0 aromatic heterocycles. The number of likely N-dealkylation sites (tertiary alicyclic amines) is 1. The maximum absolute atomic E-state index is 13.1. The van der Waals surface area contributed by atoms with Crippen LogP contribution in [0.1, 0.15) is 36.8 Å². The summed E-state index contributed by atoms with van der Waals surface area (Å²) in [5.41, 5.74) is 0.814. The van der Waals surface area contributed by atoms with Crippen molar-refractivity contribution >= 4 is 17.5 Å². The SMILES string of the molecule is O=C(N1CCC(O)(c2ccccc2)CC1)C1(c2ccc(Cl)cc2)CC1. The van der Waals surface area contributed by atoms with E-state index in [-0.39, 0.29) is 11.3 Å². The molecule has 3 nitrogen and oxygen atoms in total. The summed E-state index contributed by atoms with van der Waals surface area (Å²) >= 11 is 5.98. The molecule has 1 heterocycles. The molecule has 2 aliphatic rings. The predicted molar refractivity (Wildman–Crippen MR) is 98.5 cm³/mol. The maximum atomic E-state index is 13.1. The number of halogens is 1. The highest BCUT2D eigenvalue weighted by molar-refractivity contribution is 6.30. The van der Waals surface area contributed by atoms with Gasteiger partial charge in [-0.15, -0.1) is 0 Å². The van der Waals surface area contributed by atoms with E-state index in [2.05, 4.69) is 0 Å². The third-order valence-corrected chi connectivity index (χ3v) is 6.00. The first-order valence-electron chi connectivity index (χ1n) is 8.87. The van der Waals surface area contributed by atoms with Gasteiger partial charge in [0.15, 0.2) is 0 Å². The van der Waals surface area contributed by atoms with Crippen molar-refractivity contribution in [1.82, 2.24) is 4.90 Å². The third-order valence-electron chi connectivity index (χ3n) is 5.75. The molecule has 4 heteroatoms. The second-order valence-electron chi connectivity index (χ2n) is 7.28. The van der Waals surface area contributed by atoms with Crippen molar-refractivity contribution in [1.29, 1.82) is 0 Å². The second kappa shape index (κ2) is 6.15. The third kappa shape index (κ3) is 2.96. The van der Waals surface area contributed by atoms with Gasteiger partial charge in [0.1, 0.15) is 0 Å². The van der Waals surface area contributed by atoms with Gasteiger partial charge in [-0.1, -0.05) is 54.1 Å². The number of piperidine rings is 1. The largest absolute Gasteiger partial charge is 0.385 e. The van der Waals surface area contributed by atoms with E-state index in [1.165, 1.54) is 0 Å². The molecule has 130 valence electrons. The Morgan fingerprint density at radius 1 is 0.880 bits per heavy atom. The predicted octanol–water partition coefficient (Wildman–Crippen LogP) is 3.88. The van der Waals surface area contributed by atoms with Crippen LogP contribution in [0.15, 0.2) is 54.6 Å². The lowest BCUT2D eigenvalue weighted by Gasteiger charge is -2.40. The van der Waals surface area contributed by atoms with E-state index < -0.39 is 5.60 Å². The maximum Gasteiger partial charge on any atom is 0.233 e. The standard InChI is InChI=1S/C21H22ClNO2/c22-18-8-6-16(7-9-18)20(10-11-20)19(24)23-14-12-21(25,13-15-23)17-4-2-1-3-5-17/h1-9,25H,10-15H2. The monoisotopic (exact) mass is 355 g/mol. The number of rotatable bonds is 3. The van der Waals surface area contributed by atoms with E-state index in [4.69, 9.17) is 11.6 Å². The molecule has 1 amide bonds. The van der Waals surface area contributed by atoms with E-state index in [0.29, 0.717) is 31.0 Å². The summed E-state index contributed by atoms with van der Waals surface area (Å²) in [5, 5.41) is 11.6. The number of benzene rings is 2. The van der Waals surface area contributed by atoms with Crippen LogP contribution in [-0.2, 0) is 15.8 Å². The number of hydrogen-bond acceptors (Lipinski definition) is 2. The lowest BCUT2D eigenvalue weighted by atomic mass is 9.83. The van der Waals surface area contributed by atoms with E-state index in [1.807, 2.05) is 59.5 Å². The van der Waals surface area contributed by atoms with Crippen molar-refractivity contribution in [3.8, 4) is 0 Å². The molecular formula is C21H22ClNO2. The fourth-order valence-electron chi connectivity index (χ4n) is 3.94. The molecule has 1 saturated carbocycles. The number of hydrogen-bond donors (Lipinski definition) is 1. The molecule has 1 N–H and O–H groups in total. The van der Waals surface area contributed by atoms with Gasteiger partial charge in [-0.3, -0.25) is 4.79 Å². The van der Waals surface area contributed by atoms with Crippen LogP contribution < -0.4 is 0 Å². The van der Waals surface area contributed by atoms with Gasteiger partial charge in [0.25, 0.3) is 0 Å². The van der Waals surface area contributed by atoms with Crippen LogP contribution in [0.2, 0.25) is 5.02 Å². The van der Waals surface area contributed by atoms with E-state index in [0.717, 1.165) is 24.0 Å². The Morgan fingerprint density at radius 2 is 1.48 bits per heavy atom. The van der Waals surface area contributed by atoms with Crippen LogP contribution >= 0.6 is 11.6 Å². The minimum Gasteiger partial charge on any atom is -0.385 e. The Morgan fingerprint density at radius 3 is 2.04 bits per heavy atom. The van der Waals surface area contributed by atoms with E-state index in [1.54, 1.807) is 0 Å². The fraction of sp³-hybridized carbons (Fsp3) is 0.381. The minimum atomic E-state index is -0.824. The molecule has 0 bridgehead atoms. The quantitative estimate of drug-likeness (QED) is 0.907.